The standard InChI is InChI=1S/C31H33NO7S/c1-17-8-6-7-9-18(17)14-40-15-21-19-12-13-32(2)25(23(19)29(36-5)30-27(21)37-16-38-30)26-20-10-11-22(34-3)28(35-4)24(20)31(33)39-26/h6-11,25-26H,12-16H2,1-5H3/t25-,26+/m1/s1. The molecule has 0 saturated heterocycles. The average Bonchev–Trinajstić information content (AvgIpc) is 3.58. The number of carbonyl (C=O) groups is 1. The number of rotatable bonds is 8. The van der Waals surface area contributed by atoms with E-state index in [1.165, 1.54) is 23.8 Å². The number of thioether (sulfide) groups is 1. The van der Waals surface area contributed by atoms with Crippen LogP contribution < -0.4 is 23.7 Å². The number of likely N-dealkylation sites (N-methyl/N-ethyl adjacent to an activating group) is 1. The molecule has 0 amide bonds. The average molecular weight is 564 g/mol. The summed E-state index contributed by atoms with van der Waals surface area (Å²) in [6, 6.07) is 11.9. The molecule has 0 aliphatic carbocycles. The molecule has 9 heteroatoms. The molecule has 3 aliphatic heterocycles. The van der Waals surface area contributed by atoms with E-state index in [1.54, 1.807) is 14.2 Å². The molecule has 0 radical (unpaired) electrons. The Hall–Kier alpha value is -3.56. The van der Waals surface area contributed by atoms with Gasteiger partial charge in [0, 0.05) is 34.7 Å². The van der Waals surface area contributed by atoms with Crippen LogP contribution in [0.1, 0.15) is 55.9 Å². The fourth-order valence-corrected chi connectivity index (χ4v) is 7.27. The summed E-state index contributed by atoms with van der Waals surface area (Å²) in [7, 11) is 6.79. The van der Waals surface area contributed by atoms with Crippen LogP contribution in [0.25, 0.3) is 0 Å². The summed E-state index contributed by atoms with van der Waals surface area (Å²) in [5, 5.41) is 0. The smallest absolute Gasteiger partial charge is 0.343 e. The normalized spacial score (nSPS) is 19.2. The molecule has 0 N–H and O–H groups in total. The SMILES string of the molecule is COc1ccc2c(c1OC)C(=O)O[C@@H]2[C@H]1c2c(c(CSCc3ccccc3C)c3c(c2OC)OCO3)CCN1C. The Balaban J connectivity index is 1.44. The number of methoxy groups -OCH3 is 3. The third-order valence-corrected chi connectivity index (χ3v) is 9.10. The number of cyclic esters (lactones) is 1. The lowest BCUT2D eigenvalue weighted by Gasteiger charge is -2.39. The Morgan fingerprint density at radius 3 is 2.50 bits per heavy atom. The molecule has 0 spiro atoms. The van der Waals surface area contributed by atoms with Crippen LogP contribution >= 0.6 is 11.8 Å². The number of aryl methyl sites for hydroxylation is 1. The first kappa shape index (κ1) is 26.7. The zero-order valence-electron chi connectivity index (χ0n) is 23.4. The molecule has 8 nitrogen and oxygen atoms in total. The Morgan fingerprint density at radius 2 is 1.75 bits per heavy atom. The van der Waals surface area contributed by atoms with E-state index in [1.807, 2.05) is 23.9 Å². The van der Waals surface area contributed by atoms with Crippen LogP contribution in [-0.4, -0.2) is 52.6 Å². The van der Waals surface area contributed by atoms with Crippen molar-refractivity contribution in [2.24, 2.45) is 0 Å². The van der Waals surface area contributed by atoms with Gasteiger partial charge >= 0.3 is 5.97 Å². The van der Waals surface area contributed by atoms with Crippen molar-refractivity contribution < 1.29 is 33.2 Å². The highest BCUT2D eigenvalue weighted by atomic mass is 32.2. The second-order valence-electron chi connectivity index (χ2n) is 10.2. The number of esters is 1. The van der Waals surface area contributed by atoms with Gasteiger partial charge in [-0.2, -0.15) is 11.8 Å². The van der Waals surface area contributed by atoms with Crippen LogP contribution in [0.5, 0.6) is 28.7 Å². The van der Waals surface area contributed by atoms with E-state index in [0.717, 1.165) is 46.9 Å². The molecule has 0 unspecified atom stereocenters. The van der Waals surface area contributed by atoms with Crippen LogP contribution in [0, 0.1) is 6.92 Å². The molecule has 0 saturated carbocycles. The van der Waals surface area contributed by atoms with E-state index in [9.17, 15) is 4.79 Å². The first-order chi connectivity index (χ1) is 19.5. The van der Waals surface area contributed by atoms with Gasteiger partial charge in [0.05, 0.1) is 27.4 Å². The lowest BCUT2D eigenvalue weighted by molar-refractivity contribution is 0.00870. The summed E-state index contributed by atoms with van der Waals surface area (Å²) < 4.78 is 35.2. The van der Waals surface area contributed by atoms with Gasteiger partial charge in [-0.1, -0.05) is 30.3 Å². The van der Waals surface area contributed by atoms with Crippen LogP contribution in [0.3, 0.4) is 0 Å². The summed E-state index contributed by atoms with van der Waals surface area (Å²) in [5.41, 5.74) is 7.05. The molecule has 3 heterocycles. The molecule has 0 aromatic heterocycles. The van der Waals surface area contributed by atoms with Gasteiger partial charge in [0.1, 0.15) is 11.7 Å². The predicted molar refractivity (Wildman–Crippen MR) is 152 cm³/mol. The maximum atomic E-state index is 13.2. The third kappa shape index (κ3) is 4.23. The first-order valence-electron chi connectivity index (χ1n) is 13.3. The highest BCUT2D eigenvalue weighted by Gasteiger charge is 2.47. The number of nitrogens with zero attached hydrogens (tertiary/aromatic N) is 1. The van der Waals surface area contributed by atoms with Crippen LogP contribution in [0.2, 0.25) is 0 Å². The van der Waals surface area contributed by atoms with E-state index in [0.29, 0.717) is 28.6 Å². The molecule has 210 valence electrons. The topological polar surface area (TPSA) is 75.7 Å². The zero-order valence-corrected chi connectivity index (χ0v) is 24.2. The highest BCUT2D eigenvalue weighted by molar-refractivity contribution is 7.97. The molecule has 3 aliphatic rings. The molecule has 40 heavy (non-hydrogen) atoms. The summed E-state index contributed by atoms with van der Waals surface area (Å²) in [6.45, 7) is 3.07. The van der Waals surface area contributed by atoms with Gasteiger partial charge in [0.25, 0.3) is 0 Å². The Bertz CT molecular complexity index is 1470. The number of hydrogen-bond acceptors (Lipinski definition) is 9. The lowest BCUT2D eigenvalue weighted by Crippen LogP contribution is -2.37. The van der Waals surface area contributed by atoms with Gasteiger partial charge in [-0.3, -0.25) is 4.90 Å². The molecule has 6 rings (SSSR count). The van der Waals surface area contributed by atoms with Gasteiger partial charge in [0.2, 0.25) is 12.5 Å². The summed E-state index contributed by atoms with van der Waals surface area (Å²) in [4.78, 5) is 15.5. The molecule has 2 atom stereocenters. The van der Waals surface area contributed by atoms with Crippen molar-refractivity contribution in [1.29, 1.82) is 0 Å². The zero-order chi connectivity index (χ0) is 28.0. The quantitative estimate of drug-likeness (QED) is 0.325. The fraction of sp³-hybridized carbons (Fsp3) is 0.387. The van der Waals surface area contributed by atoms with Crippen molar-refractivity contribution in [2.45, 2.75) is 37.0 Å². The molecule has 0 bridgehead atoms. The fourth-order valence-electron chi connectivity index (χ4n) is 6.11. The van der Waals surface area contributed by atoms with E-state index < -0.39 is 12.1 Å². The van der Waals surface area contributed by atoms with Gasteiger partial charge in [-0.15, -0.1) is 0 Å². The Kier molecular flexibility index (Phi) is 7.18. The predicted octanol–water partition coefficient (Wildman–Crippen LogP) is 5.62. The minimum atomic E-state index is -0.562. The van der Waals surface area contributed by atoms with Crippen molar-refractivity contribution in [3.63, 3.8) is 0 Å². The van der Waals surface area contributed by atoms with E-state index >= 15 is 0 Å². The van der Waals surface area contributed by atoms with E-state index in [-0.39, 0.29) is 12.8 Å². The Labute approximate surface area is 238 Å². The second kappa shape index (κ2) is 10.8. The van der Waals surface area contributed by atoms with Crippen molar-refractivity contribution >= 4 is 17.7 Å². The van der Waals surface area contributed by atoms with Gasteiger partial charge in [-0.25, -0.2) is 4.79 Å². The second-order valence-corrected chi connectivity index (χ2v) is 11.1. The summed E-state index contributed by atoms with van der Waals surface area (Å²) >= 11 is 1.85. The molecule has 3 aromatic carbocycles. The third-order valence-electron chi connectivity index (χ3n) is 8.09. The van der Waals surface area contributed by atoms with Gasteiger partial charge < -0.3 is 28.4 Å². The molecule has 3 aromatic rings. The van der Waals surface area contributed by atoms with Crippen LogP contribution in [0.4, 0.5) is 0 Å². The monoisotopic (exact) mass is 563 g/mol. The van der Waals surface area contributed by atoms with E-state index in [2.05, 4.69) is 43.1 Å². The largest absolute Gasteiger partial charge is 0.493 e. The van der Waals surface area contributed by atoms with Crippen LogP contribution in [-0.2, 0) is 22.7 Å². The van der Waals surface area contributed by atoms with Crippen molar-refractivity contribution in [2.75, 3.05) is 41.7 Å². The van der Waals surface area contributed by atoms with E-state index in [4.69, 9.17) is 28.4 Å². The molecular weight excluding hydrogens is 530 g/mol. The van der Waals surface area contributed by atoms with Gasteiger partial charge in [0.15, 0.2) is 23.0 Å². The molecule has 0 fully saturated rings. The highest BCUT2D eigenvalue weighted by Crippen LogP contribution is 2.57. The van der Waals surface area contributed by atoms with Crippen molar-refractivity contribution in [3.05, 3.63) is 75.3 Å². The van der Waals surface area contributed by atoms with Gasteiger partial charge in [-0.05, 0) is 43.1 Å². The number of benzene rings is 3. The number of carbonyl (C=O) groups excluding carboxylic acids is 1. The summed E-state index contributed by atoms with van der Waals surface area (Å²) in [6.07, 6.45) is 0.253. The minimum Gasteiger partial charge on any atom is -0.493 e. The van der Waals surface area contributed by atoms with Crippen molar-refractivity contribution in [1.82, 2.24) is 4.90 Å². The Morgan fingerprint density at radius 1 is 0.975 bits per heavy atom. The minimum absolute atomic E-state index is 0.142. The number of hydrogen-bond donors (Lipinski definition) is 0. The maximum absolute atomic E-state index is 13.2. The molecular formula is C31H33NO7S. The van der Waals surface area contributed by atoms with Crippen LogP contribution in [0.15, 0.2) is 36.4 Å². The maximum Gasteiger partial charge on any atom is 0.343 e. The lowest BCUT2D eigenvalue weighted by atomic mass is 9.83. The first-order valence-corrected chi connectivity index (χ1v) is 14.4. The number of fused-ring (bicyclic) bond motifs is 3. The van der Waals surface area contributed by atoms with Crippen molar-refractivity contribution in [3.8, 4) is 28.7 Å². The summed E-state index contributed by atoms with van der Waals surface area (Å²) in [5.74, 6) is 4.11. The number of ether oxygens (including phenoxy) is 6.